The summed E-state index contributed by atoms with van der Waals surface area (Å²) < 4.78 is 29.9. The minimum Gasteiger partial charge on any atom is -0.360 e. The third kappa shape index (κ3) is 5.63. The zero-order valence-corrected chi connectivity index (χ0v) is 14.9. The third-order valence-corrected chi connectivity index (χ3v) is 4.73. The van der Waals surface area contributed by atoms with Gasteiger partial charge in [-0.1, -0.05) is 28.9 Å². The Labute approximate surface area is 145 Å². The first-order chi connectivity index (χ1) is 11.2. The van der Waals surface area contributed by atoms with E-state index in [0.717, 1.165) is 11.8 Å². The van der Waals surface area contributed by atoms with Crippen LogP contribution in [-0.4, -0.2) is 36.6 Å². The Bertz CT molecular complexity index is 802. The molecule has 1 aromatic carbocycles. The first kappa shape index (κ1) is 18.4. The summed E-state index contributed by atoms with van der Waals surface area (Å²) in [4.78, 5) is 11.9. The molecular weight excluding hydrogens is 354 g/mol. The maximum absolute atomic E-state index is 11.9. The molecule has 0 saturated carbocycles. The zero-order valence-electron chi connectivity index (χ0n) is 13.3. The van der Waals surface area contributed by atoms with Gasteiger partial charge in [0.15, 0.2) is 5.82 Å². The van der Waals surface area contributed by atoms with Gasteiger partial charge in [0.2, 0.25) is 15.9 Å². The van der Waals surface area contributed by atoms with Crippen LogP contribution in [-0.2, 0) is 21.4 Å². The Morgan fingerprint density at radius 3 is 2.54 bits per heavy atom. The molecule has 1 N–H and O–H groups in total. The van der Waals surface area contributed by atoms with E-state index in [1.807, 2.05) is 0 Å². The van der Waals surface area contributed by atoms with Crippen LogP contribution in [0.2, 0.25) is 5.02 Å². The highest BCUT2D eigenvalue weighted by Gasteiger charge is 2.18. The van der Waals surface area contributed by atoms with Crippen LogP contribution < -0.4 is 5.32 Å². The molecule has 0 aliphatic heterocycles. The number of benzene rings is 1. The SMILES string of the molecule is Cc1cc(NC(=O)CCN(Cc2ccc(Cl)cc2)S(C)(=O)=O)no1. The number of aromatic nitrogens is 1. The van der Waals surface area contributed by atoms with Crippen molar-refractivity contribution in [1.29, 1.82) is 0 Å². The van der Waals surface area contributed by atoms with E-state index in [2.05, 4.69) is 10.5 Å². The molecule has 1 amide bonds. The van der Waals surface area contributed by atoms with E-state index >= 15 is 0 Å². The van der Waals surface area contributed by atoms with E-state index < -0.39 is 10.0 Å². The van der Waals surface area contributed by atoms with Crippen LogP contribution >= 0.6 is 11.6 Å². The van der Waals surface area contributed by atoms with Gasteiger partial charge in [0.05, 0.1) is 6.26 Å². The van der Waals surface area contributed by atoms with Crippen LogP contribution in [0.5, 0.6) is 0 Å². The molecule has 0 aliphatic carbocycles. The summed E-state index contributed by atoms with van der Waals surface area (Å²) in [5, 5.41) is 6.79. The average Bonchev–Trinajstić information content (AvgIpc) is 2.89. The van der Waals surface area contributed by atoms with Gasteiger partial charge in [-0.3, -0.25) is 4.79 Å². The van der Waals surface area contributed by atoms with E-state index in [4.69, 9.17) is 16.1 Å². The van der Waals surface area contributed by atoms with Crippen molar-refractivity contribution in [1.82, 2.24) is 9.46 Å². The highest BCUT2D eigenvalue weighted by Crippen LogP contribution is 2.14. The molecule has 0 aliphatic rings. The predicted octanol–water partition coefficient (Wildman–Crippen LogP) is 2.43. The lowest BCUT2D eigenvalue weighted by atomic mass is 10.2. The molecule has 0 unspecified atom stereocenters. The lowest BCUT2D eigenvalue weighted by Gasteiger charge is -2.19. The molecule has 0 saturated heterocycles. The number of anilines is 1. The Morgan fingerprint density at radius 1 is 1.33 bits per heavy atom. The maximum atomic E-state index is 11.9. The first-order valence-electron chi connectivity index (χ1n) is 7.17. The third-order valence-electron chi connectivity index (χ3n) is 3.22. The van der Waals surface area contributed by atoms with Gasteiger partial charge in [-0.2, -0.15) is 4.31 Å². The highest BCUT2D eigenvalue weighted by atomic mass is 35.5. The molecule has 0 radical (unpaired) electrons. The molecule has 0 bridgehead atoms. The number of rotatable bonds is 7. The lowest BCUT2D eigenvalue weighted by Crippen LogP contribution is -2.32. The summed E-state index contributed by atoms with van der Waals surface area (Å²) in [5.41, 5.74) is 0.789. The minimum atomic E-state index is -3.45. The van der Waals surface area contributed by atoms with E-state index in [0.29, 0.717) is 16.6 Å². The van der Waals surface area contributed by atoms with Crippen LogP contribution in [0.1, 0.15) is 17.7 Å². The van der Waals surface area contributed by atoms with Crippen LogP contribution in [0.4, 0.5) is 5.82 Å². The number of hydrogen-bond donors (Lipinski definition) is 1. The Kier molecular flexibility index (Phi) is 5.98. The molecule has 130 valence electrons. The van der Waals surface area contributed by atoms with Crippen molar-refractivity contribution in [3.63, 3.8) is 0 Å². The Balaban J connectivity index is 1.96. The largest absolute Gasteiger partial charge is 0.360 e. The molecule has 0 atom stereocenters. The normalized spacial score (nSPS) is 11.7. The van der Waals surface area contributed by atoms with Gasteiger partial charge in [0.1, 0.15) is 5.76 Å². The van der Waals surface area contributed by atoms with E-state index in [1.54, 1.807) is 37.3 Å². The molecule has 0 spiro atoms. The monoisotopic (exact) mass is 371 g/mol. The molecule has 2 rings (SSSR count). The number of halogens is 1. The number of amides is 1. The molecule has 0 fully saturated rings. The smallest absolute Gasteiger partial charge is 0.226 e. The van der Waals surface area contributed by atoms with Crippen molar-refractivity contribution in [2.45, 2.75) is 19.9 Å². The van der Waals surface area contributed by atoms with Crippen LogP contribution in [0, 0.1) is 6.92 Å². The van der Waals surface area contributed by atoms with E-state index in [-0.39, 0.29) is 25.4 Å². The number of nitrogens with zero attached hydrogens (tertiary/aromatic N) is 2. The summed E-state index contributed by atoms with van der Waals surface area (Å²) in [6.45, 7) is 1.94. The van der Waals surface area contributed by atoms with Gasteiger partial charge in [0.25, 0.3) is 0 Å². The van der Waals surface area contributed by atoms with Crippen molar-refractivity contribution < 1.29 is 17.7 Å². The van der Waals surface area contributed by atoms with E-state index in [9.17, 15) is 13.2 Å². The predicted molar refractivity (Wildman–Crippen MR) is 91.2 cm³/mol. The number of carbonyl (C=O) groups is 1. The molecular formula is C15H18ClN3O4S. The maximum Gasteiger partial charge on any atom is 0.226 e. The molecule has 7 nitrogen and oxygen atoms in total. The Hall–Kier alpha value is -1.90. The van der Waals surface area contributed by atoms with Crippen molar-refractivity contribution in [3.05, 3.63) is 46.7 Å². The zero-order chi connectivity index (χ0) is 17.7. The van der Waals surface area contributed by atoms with Gasteiger partial charge in [-0.25, -0.2) is 8.42 Å². The summed E-state index contributed by atoms with van der Waals surface area (Å²) in [7, 11) is -3.45. The topological polar surface area (TPSA) is 92.5 Å². The number of hydrogen-bond acceptors (Lipinski definition) is 5. The quantitative estimate of drug-likeness (QED) is 0.806. The van der Waals surface area contributed by atoms with Crippen LogP contribution in [0.3, 0.4) is 0 Å². The first-order valence-corrected chi connectivity index (χ1v) is 9.39. The Morgan fingerprint density at radius 2 is 2.00 bits per heavy atom. The molecule has 24 heavy (non-hydrogen) atoms. The van der Waals surface area contributed by atoms with Crippen molar-refractivity contribution in [2.75, 3.05) is 18.1 Å². The number of sulfonamides is 1. The molecule has 9 heteroatoms. The van der Waals surface area contributed by atoms with E-state index in [1.165, 1.54) is 4.31 Å². The van der Waals surface area contributed by atoms with Crippen molar-refractivity contribution in [2.24, 2.45) is 0 Å². The number of nitrogens with one attached hydrogen (secondary N) is 1. The summed E-state index contributed by atoms with van der Waals surface area (Å²) in [6, 6.07) is 8.46. The lowest BCUT2D eigenvalue weighted by molar-refractivity contribution is -0.116. The summed E-state index contributed by atoms with van der Waals surface area (Å²) >= 11 is 5.82. The van der Waals surface area contributed by atoms with Crippen molar-refractivity contribution in [3.8, 4) is 0 Å². The fourth-order valence-electron chi connectivity index (χ4n) is 2.01. The fraction of sp³-hybridized carbons (Fsp3) is 0.333. The van der Waals surface area contributed by atoms with Gasteiger partial charge in [0, 0.05) is 30.6 Å². The number of aryl methyl sites for hydroxylation is 1. The molecule has 1 heterocycles. The fourth-order valence-corrected chi connectivity index (χ4v) is 2.94. The van der Waals surface area contributed by atoms with Crippen LogP contribution in [0.15, 0.2) is 34.9 Å². The minimum absolute atomic E-state index is 0.00652. The summed E-state index contributed by atoms with van der Waals surface area (Å²) in [5.74, 6) is 0.542. The second-order valence-corrected chi connectivity index (χ2v) is 7.76. The molecule has 1 aromatic heterocycles. The van der Waals surface area contributed by atoms with Gasteiger partial charge in [-0.15, -0.1) is 0 Å². The summed E-state index contributed by atoms with van der Waals surface area (Å²) in [6.07, 6.45) is 1.12. The standard InChI is InChI=1S/C15H18ClN3O4S/c1-11-9-14(18-23-11)17-15(20)7-8-19(24(2,21)22)10-12-3-5-13(16)6-4-12/h3-6,9H,7-8,10H2,1-2H3,(H,17,18,20). The highest BCUT2D eigenvalue weighted by molar-refractivity contribution is 7.88. The number of carbonyl (C=O) groups excluding carboxylic acids is 1. The second kappa shape index (κ2) is 7.78. The van der Waals surface area contributed by atoms with Gasteiger partial charge in [-0.05, 0) is 24.6 Å². The van der Waals surface area contributed by atoms with Crippen LogP contribution in [0.25, 0.3) is 0 Å². The average molecular weight is 372 g/mol. The van der Waals surface area contributed by atoms with Gasteiger partial charge < -0.3 is 9.84 Å². The van der Waals surface area contributed by atoms with Crippen molar-refractivity contribution >= 4 is 33.3 Å². The molecule has 2 aromatic rings. The van der Waals surface area contributed by atoms with Gasteiger partial charge >= 0.3 is 0 Å². The second-order valence-electron chi connectivity index (χ2n) is 5.34.